The van der Waals surface area contributed by atoms with Crippen molar-refractivity contribution >= 4 is 5.91 Å². The molecule has 0 aliphatic carbocycles. The molecule has 1 aromatic heterocycles. The molecule has 5 heteroatoms. The molecule has 114 valence electrons. The van der Waals surface area contributed by atoms with Gasteiger partial charge in [-0.05, 0) is 45.6 Å². The van der Waals surface area contributed by atoms with Crippen molar-refractivity contribution in [2.24, 2.45) is 13.0 Å². The maximum atomic E-state index is 12.1. The van der Waals surface area contributed by atoms with Gasteiger partial charge in [0.15, 0.2) is 0 Å². The normalized spacial score (nSPS) is 14.1. The molecule has 20 heavy (non-hydrogen) atoms. The highest BCUT2D eigenvalue weighted by Crippen LogP contribution is 2.17. The number of carbonyl (C=O) groups is 1. The molecule has 0 bridgehead atoms. The maximum absolute atomic E-state index is 12.1. The Bertz CT molecular complexity index is 454. The first-order chi connectivity index (χ1) is 9.36. The molecule has 0 radical (unpaired) electrons. The van der Waals surface area contributed by atoms with Gasteiger partial charge >= 0.3 is 0 Å². The van der Waals surface area contributed by atoms with E-state index in [9.17, 15) is 4.79 Å². The molecular weight excluding hydrogens is 254 g/mol. The lowest BCUT2D eigenvalue weighted by molar-refractivity contribution is -0.125. The van der Waals surface area contributed by atoms with Crippen molar-refractivity contribution in [1.29, 1.82) is 0 Å². The van der Waals surface area contributed by atoms with E-state index in [-0.39, 0.29) is 24.5 Å². The van der Waals surface area contributed by atoms with E-state index in [1.165, 1.54) is 0 Å². The molecular formula is C15H27N3O2. The number of nitrogens with one attached hydrogen (secondary N) is 1. The van der Waals surface area contributed by atoms with Crippen LogP contribution in [0.5, 0.6) is 0 Å². The fraction of sp³-hybridized carbons (Fsp3) is 0.733. The Balaban J connectivity index is 2.57. The summed E-state index contributed by atoms with van der Waals surface area (Å²) in [6, 6.07) is 0.105. The zero-order valence-electron chi connectivity index (χ0n) is 13.2. The van der Waals surface area contributed by atoms with E-state index in [4.69, 9.17) is 5.11 Å². The minimum absolute atomic E-state index is 0.0677. The van der Waals surface area contributed by atoms with E-state index in [1.807, 2.05) is 39.4 Å². The van der Waals surface area contributed by atoms with Crippen molar-refractivity contribution in [2.75, 3.05) is 6.61 Å². The molecule has 0 aliphatic heterocycles. The lowest BCUT2D eigenvalue weighted by atomic mass is 9.98. The fourth-order valence-corrected chi connectivity index (χ4v) is 2.37. The first-order valence-electron chi connectivity index (χ1n) is 7.27. The highest BCUT2D eigenvalue weighted by Gasteiger charge is 2.19. The first kappa shape index (κ1) is 16.7. The average molecular weight is 281 g/mol. The number of aromatic nitrogens is 2. The molecule has 1 aromatic rings. The highest BCUT2D eigenvalue weighted by atomic mass is 16.3. The number of rotatable bonds is 7. The molecule has 0 aliphatic rings. The summed E-state index contributed by atoms with van der Waals surface area (Å²) in [5.41, 5.74) is 3.28. The van der Waals surface area contributed by atoms with Crippen LogP contribution in [0.15, 0.2) is 0 Å². The van der Waals surface area contributed by atoms with E-state index in [0.717, 1.165) is 29.8 Å². The second-order valence-corrected chi connectivity index (χ2v) is 5.65. The van der Waals surface area contributed by atoms with Gasteiger partial charge in [-0.15, -0.1) is 0 Å². The molecule has 0 aromatic carbocycles. The summed E-state index contributed by atoms with van der Waals surface area (Å²) in [7, 11) is 1.92. The number of carbonyl (C=O) groups excluding carboxylic acids is 1. The second-order valence-electron chi connectivity index (χ2n) is 5.65. The molecule has 0 spiro atoms. The number of aliphatic hydroxyl groups excluding tert-OH is 1. The molecule has 0 saturated heterocycles. The fourth-order valence-electron chi connectivity index (χ4n) is 2.37. The second kappa shape index (κ2) is 7.43. The summed E-state index contributed by atoms with van der Waals surface area (Å²) in [4.78, 5) is 12.1. The summed E-state index contributed by atoms with van der Waals surface area (Å²) >= 11 is 0. The van der Waals surface area contributed by atoms with Gasteiger partial charge in [0.1, 0.15) is 0 Å². The average Bonchev–Trinajstić information content (AvgIpc) is 2.62. The van der Waals surface area contributed by atoms with Crippen molar-refractivity contribution < 1.29 is 9.90 Å². The summed E-state index contributed by atoms with van der Waals surface area (Å²) in [5, 5.41) is 16.2. The third-order valence-corrected chi connectivity index (χ3v) is 3.80. The van der Waals surface area contributed by atoms with E-state index >= 15 is 0 Å². The van der Waals surface area contributed by atoms with Gasteiger partial charge in [0, 0.05) is 31.3 Å². The van der Waals surface area contributed by atoms with Crippen molar-refractivity contribution in [3.63, 3.8) is 0 Å². The number of aliphatic hydroxyl groups is 1. The largest absolute Gasteiger partial charge is 0.396 e. The van der Waals surface area contributed by atoms with Crippen LogP contribution in [-0.2, 0) is 18.3 Å². The molecule has 2 N–H and O–H groups in total. The highest BCUT2D eigenvalue weighted by molar-refractivity contribution is 5.78. The summed E-state index contributed by atoms with van der Waals surface area (Å²) in [6.07, 6.45) is 2.24. The molecule has 1 heterocycles. The molecule has 1 rings (SSSR count). The van der Waals surface area contributed by atoms with Gasteiger partial charge < -0.3 is 10.4 Å². The van der Waals surface area contributed by atoms with Crippen LogP contribution in [0, 0.1) is 19.8 Å². The summed E-state index contributed by atoms with van der Waals surface area (Å²) in [6.45, 7) is 8.10. The van der Waals surface area contributed by atoms with Crippen LogP contribution in [0.2, 0.25) is 0 Å². The molecule has 2 atom stereocenters. The minimum atomic E-state index is -0.0758. The Kier molecular flexibility index (Phi) is 6.20. The Morgan fingerprint density at radius 2 is 2.05 bits per heavy atom. The summed E-state index contributed by atoms with van der Waals surface area (Å²) < 4.78 is 1.86. The maximum Gasteiger partial charge on any atom is 0.223 e. The molecule has 1 amide bonds. The minimum Gasteiger partial charge on any atom is -0.396 e. The first-order valence-corrected chi connectivity index (χ1v) is 7.27. The van der Waals surface area contributed by atoms with Gasteiger partial charge in [-0.3, -0.25) is 9.48 Å². The molecule has 0 fully saturated rings. The van der Waals surface area contributed by atoms with Crippen molar-refractivity contribution in [3.8, 4) is 0 Å². The zero-order valence-corrected chi connectivity index (χ0v) is 13.2. The van der Waals surface area contributed by atoms with E-state index in [0.29, 0.717) is 6.42 Å². The lowest BCUT2D eigenvalue weighted by Crippen LogP contribution is -2.37. The predicted octanol–water partition coefficient (Wildman–Crippen LogP) is 1.49. The van der Waals surface area contributed by atoms with E-state index < -0.39 is 0 Å². The number of aryl methyl sites for hydroxylation is 2. The number of hydrogen-bond donors (Lipinski definition) is 2. The van der Waals surface area contributed by atoms with E-state index in [1.54, 1.807) is 0 Å². The Hall–Kier alpha value is -1.36. The van der Waals surface area contributed by atoms with Crippen LogP contribution in [0.4, 0.5) is 0 Å². The molecule has 5 nitrogen and oxygen atoms in total. The monoisotopic (exact) mass is 281 g/mol. The standard InChI is InChI=1S/C15H27N3O2/c1-10(15(20)16-11(2)7-6-8-19)9-14-12(3)17-18(5)13(14)4/h10-11,19H,6-9H2,1-5H3,(H,16,20). The zero-order chi connectivity index (χ0) is 15.3. The van der Waals surface area contributed by atoms with Crippen molar-refractivity contribution in [3.05, 3.63) is 17.0 Å². The SMILES string of the molecule is Cc1nn(C)c(C)c1CC(C)C(=O)NC(C)CCCO. The van der Waals surface area contributed by atoms with Gasteiger partial charge in [-0.2, -0.15) is 5.10 Å². The lowest BCUT2D eigenvalue weighted by Gasteiger charge is -2.17. The van der Waals surface area contributed by atoms with Crippen LogP contribution in [-0.4, -0.2) is 33.4 Å². The van der Waals surface area contributed by atoms with Crippen molar-refractivity contribution in [2.45, 2.75) is 53.0 Å². The third kappa shape index (κ3) is 4.34. The number of amides is 1. The van der Waals surface area contributed by atoms with Gasteiger partial charge in [0.25, 0.3) is 0 Å². The Labute approximate surface area is 121 Å². The van der Waals surface area contributed by atoms with Crippen LogP contribution >= 0.6 is 0 Å². The summed E-state index contributed by atoms with van der Waals surface area (Å²) in [5.74, 6) is -0.00808. The van der Waals surface area contributed by atoms with Gasteiger partial charge in [0.05, 0.1) is 5.69 Å². The van der Waals surface area contributed by atoms with Gasteiger partial charge in [-0.25, -0.2) is 0 Å². The van der Waals surface area contributed by atoms with Crippen LogP contribution in [0.3, 0.4) is 0 Å². The third-order valence-electron chi connectivity index (χ3n) is 3.80. The van der Waals surface area contributed by atoms with Crippen LogP contribution in [0.25, 0.3) is 0 Å². The predicted molar refractivity (Wildman–Crippen MR) is 79.5 cm³/mol. The van der Waals surface area contributed by atoms with Crippen LogP contribution in [0.1, 0.15) is 43.6 Å². The smallest absolute Gasteiger partial charge is 0.223 e. The number of nitrogens with zero attached hydrogens (tertiary/aromatic N) is 2. The van der Waals surface area contributed by atoms with E-state index in [2.05, 4.69) is 10.4 Å². The quantitative estimate of drug-likeness (QED) is 0.796. The topological polar surface area (TPSA) is 67.2 Å². The van der Waals surface area contributed by atoms with Gasteiger partial charge in [0.2, 0.25) is 5.91 Å². The van der Waals surface area contributed by atoms with Crippen LogP contribution < -0.4 is 5.32 Å². The molecule has 2 unspecified atom stereocenters. The Morgan fingerprint density at radius 3 is 2.55 bits per heavy atom. The molecule has 0 saturated carbocycles. The van der Waals surface area contributed by atoms with Gasteiger partial charge in [-0.1, -0.05) is 6.92 Å². The van der Waals surface area contributed by atoms with Crippen molar-refractivity contribution in [1.82, 2.24) is 15.1 Å². The Morgan fingerprint density at radius 1 is 1.40 bits per heavy atom. The number of hydrogen-bond acceptors (Lipinski definition) is 3.